The van der Waals surface area contributed by atoms with Crippen molar-refractivity contribution in [2.75, 3.05) is 31.2 Å². The number of aromatic hydroxyl groups is 1. The number of hydrogen-bond donors (Lipinski definition) is 2. The molecule has 1 saturated heterocycles. The number of ether oxygens (including phenoxy) is 2. The highest BCUT2D eigenvalue weighted by Gasteiger charge is 2.53. The summed E-state index contributed by atoms with van der Waals surface area (Å²) < 4.78 is 11.6. The van der Waals surface area contributed by atoms with Crippen LogP contribution in [-0.2, 0) is 10.2 Å². The summed E-state index contributed by atoms with van der Waals surface area (Å²) in [5.41, 5.74) is 8.10. The zero-order chi connectivity index (χ0) is 30.1. The van der Waals surface area contributed by atoms with E-state index in [-0.39, 0.29) is 22.0 Å². The Morgan fingerprint density at radius 2 is 1.47 bits per heavy atom. The SMILES string of the molecule is CC(O)Oc1cc2c3c(cc(O)c2cc1-c1ccc(N2CCOCC2)cc1)C1(CC(C)(C)CC(C)(C)C1)c1ccccc1-3. The molecule has 1 atom stereocenters. The van der Waals surface area contributed by atoms with Crippen LogP contribution in [0.2, 0.25) is 0 Å². The predicted octanol–water partition coefficient (Wildman–Crippen LogP) is 8.27. The highest BCUT2D eigenvalue weighted by Crippen LogP contribution is 2.65. The van der Waals surface area contributed by atoms with Crippen LogP contribution in [0, 0.1) is 10.8 Å². The predicted molar refractivity (Wildman–Crippen MR) is 174 cm³/mol. The molecular weight excluding hydrogens is 534 g/mol. The van der Waals surface area contributed by atoms with E-state index in [4.69, 9.17) is 9.47 Å². The molecule has 4 aromatic carbocycles. The van der Waals surface area contributed by atoms with Gasteiger partial charge in [0.1, 0.15) is 11.5 Å². The molecule has 5 nitrogen and oxygen atoms in total. The second-order valence-electron chi connectivity index (χ2n) is 14.6. The van der Waals surface area contributed by atoms with E-state index in [1.807, 2.05) is 12.1 Å². The van der Waals surface area contributed by atoms with E-state index in [1.54, 1.807) is 6.92 Å². The molecule has 1 heterocycles. The average Bonchev–Trinajstić information content (AvgIpc) is 3.19. The van der Waals surface area contributed by atoms with Crippen molar-refractivity contribution in [3.05, 3.63) is 77.9 Å². The number of rotatable bonds is 4. The molecule has 0 aromatic heterocycles. The van der Waals surface area contributed by atoms with Crippen molar-refractivity contribution in [3.63, 3.8) is 0 Å². The Morgan fingerprint density at radius 1 is 0.791 bits per heavy atom. The van der Waals surface area contributed by atoms with Crippen molar-refractivity contribution >= 4 is 16.5 Å². The van der Waals surface area contributed by atoms with Crippen molar-refractivity contribution < 1.29 is 19.7 Å². The number of morpholine rings is 1. The van der Waals surface area contributed by atoms with Crippen molar-refractivity contribution in [2.24, 2.45) is 10.8 Å². The van der Waals surface area contributed by atoms with Crippen LogP contribution in [-0.4, -0.2) is 42.8 Å². The molecule has 3 aliphatic rings. The highest BCUT2D eigenvalue weighted by molar-refractivity contribution is 6.07. The summed E-state index contributed by atoms with van der Waals surface area (Å²) in [6.45, 7) is 14.4. The molecule has 4 aromatic rings. The number of phenols is 1. The molecule has 2 aliphatic carbocycles. The lowest BCUT2D eigenvalue weighted by molar-refractivity contribution is 0.000237. The van der Waals surface area contributed by atoms with Crippen molar-refractivity contribution in [2.45, 2.75) is 65.6 Å². The van der Waals surface area contributed by atoms with Gasteiger partial charge < -0.3 is 24.6 Å². The molecule has 7 rings (SSSR count). The molecule has 2 N–H and O–H groups in total. The maximum absolute atomic E-state index is 11.7. The number of aliphatic hydroxyl groups excluding tert-OH is 1. The normalized spacial score (nSPS) is 20.6. The van der Waals surface area contributed by atoms with E-state index in [9.17, 15) is 10.2 Å². The van der Waals surface area contributed by atoms with Gasteiger partial charge in [-0.2, -0.15) is 0 Å². The van der Waals surface area contributed by atoms with E-state index >= 15 is 0 Å². The van der Waals surface area contributed by atoms with E-state index in [1.165, 1.54) is 28.7 Å². The van der Waals surface area contributed by atoms with Gasteiger partial charge in [0.05, 0.1) is 13.2 Å². The maximum Gasteiger partial charge on any atom is 0.194 e. The van der Waals surface area contributed by atoms with Crippen molar-refractivity contribution in [1.82, 2.24) is 0 Å². The number of nitrogens with zero attached hydrogens (tertiary/aromatic N) is 1. The molecular formula is C38H43NO4. The van der Waals surface area contributed by atoms with Gasteiger partial charge in [0, 0.05) is 35.1 Å². The molecule has 0 radical (unpaired) electrons. The van der Waals surface area contributed by atoms with Gasteiger partial charge in [0.2, 0.25) is 0 Å². The van der Waals surface area contributed by atoms with Crippen LogP contribution in [0.5, 0.6) is 11.5 Å². The number of anilines is 1. The third-order valence-corrected chi connectivity index (χ3v) is 9.81. The Morgan fingerprint density at radius 3 is 2.14 bits per heavy atom. The Bertz CT molecular complexity index is 1680. The minimum absolute atomic E-state index is 0.152. The summed E-state index contributed by atoms with van der Waals surface area (Å²) in [5.74, 6) is 0.897. The second kappa shape index (κ2) is 10.0. The van der Waals surface area contributed by atoms with Gasteiger partial charge in [0.25, 0.3) is 0 Å². The first-order valence-corrected chi connectivity index (χ1v) is 15.7. The minimum Gasteiger partial charge on any atom is -0.507 e. The van der Waals surface area contributed by atoms with Crippen LogP contribution < -0.4 is 9.64 Å². The smallest absolute Gasteiger partial charge is 0.194 e. The van der Waals surface area contributed by atoms with Crippen molar-refractivity contribution in [3.8, 4) is 33.8 Å². The van der Waals surface area contributed by atoms with Gasteiger partial charge in [0.15, 0.2) is 6.29 Å². The van der Waals surface area contributed by atoms with Crippen LogP contribution >= 0.6 is 0 Å². The number of benzene rings is 4. The summed E-state index contributed by atoms with van der Waals surface area (Å²) >= 11 is 0. The Hall–Kier alpha value is -3.54. The molecule has 43 heavy (non-hydrogen) atoms. The lowest BCUT2D eigenvalue weighted by Crippen LogP contribution is -2.43. The first-order chi connectivity index (χ1) is 20.5. The van der Waals surface area contributed by atoms with E-state index in [0.29, 0.717) is 5.75 Å². The molecule has 2 fully saturated rings. The standard InChI is InChI=1S/C38H43NO4/c1-24(40)43-34-19-30-29(18-28(34)25-10-12-26(13-11-25)39-14-16-42-17-15-39)33(41)20-32-35(30)27-8-6-7-9-31(27)38(32)22-36(2,3)21-37(4,5)23-38/h6-13,18-20,24,40-41H,14-17,21-23H2,1-5H3. The third kappa shape index (κ3) is 4.78. The number of fused-ring (bicyclic) bond motifs is 7. The first kappa shape index (κ1) is 28.2. The van der Waals surface area contributed by atoms with Crippen LogP contribution in [0.15, 0.2) is 66.7 Å². The van der Waals surface area contributed by atoms with Crippen molar-refractivity contribution in [1.29, 1.82) is 0 Å². The zero-order valence-electron chi connectivity index (χ0n) is 26.0. The summed E-state index contributed by atoms with van der Waals surface area (Å²) in [5, 5.41) is 23.9. The van der Waals surface area contributed by atoms with Crippen LogP contribution in [0.3, 0.4) is 0 Å². The molecule has 224 valence electrons. The molecule has 0 amide bonds. The van der Waals surface area contributed by atoms with E-state index < -0.39 is 6.29 Å². The zero-order valence-corrected chi connectivity index (χ0v) is 26.0. The highest BCUT2D eigenvalue weighted by atomic mass is 16.6. The number of aliphatic hydroxyl groups is 1. The lowest BCUT2D eigenvalue weighted by atomic mass is 9.52. The van der Waals surface area contributed by atoms with Gasteiger partial charge in [-0.15, -0.1) is 0 Å². The first-order valence-electron chi connectivity index (χ1n) is 15.7. The minimum atomic E-state index is -0.979. The molecule has 1 saturated carbocycles. The fourth-order valence-corrected chi connectivity index (χ4v) is 9.04. The average molecular weight is 578 g/mol. The Balaban J connectivity index is 1.43. The largest absolute Gasteiger partial charge is 0.507 e. The van der Waals surface area contributed by atoms with Gasteiger partial charge in [-0.25, -0.2) is 0 Å². The Labute approximate surface area is 255 Å². The van der Waals surface area contributed by atoms with Crippen LogP contribution in [0.1, 0.15) is 65.0 Å². The third-order valence-electron chi connectivity index (χ3n) is 9.81. The van der Waals surface area contributed by atoms with Crippen LogP contribution in [0.4, 0.5) is 5.69 Å². The summed E-state index contributed by atoms with van der Waals surface area (Å²) in [6, 6.07) is 23.4. The quantitative estimate of drug-likeness (QED) is 0.239. The summed E-state index contributed by atoms with van der Waals surface area (Å²) in [7, 11) is 0. The summed E-state index contributed by atoms with van der Waals surface area (Å²) in [4.78, 5) is 2.33. The van der Waals surface area contributed by atoms with Crippen LogP contribution in [0.25, 0.3) is 33.0 Å². The second-order valence-corrected chi connectivity index (χ2v) is 14.6. The molecule has 1 aliphatic heterocycles. The Kier molecular flexibility index (Phi) is 6.57. The number of hydrogen-bond acceptors (Lipinski definition) is 5. The molecule has 5 heteroatoms. The van der Waals surface area contributed by atoms with Gasteiger partial charge in [-0.1, -0.05) is 64.1 Å². The topological polar surface area (TPSA) is 62.2 Å². The summed E-state index contributed by atoms with van der Waals surface area (Å²) in [6.07, 6.45) is 2.25. The lowest BCUT2D eigenvalue weighted by Gasteiger charge is -2.51. The van der Waals surface area contributed by atoms with Gasteiger partial charge in [-0.3, -0.25) is 0 Å². The van der Waals surface area contributed by atoms with Gasteiger partial charge >= 0.3 is 0 Å². The fraction of sp³-hybridized carbons (Fsp3) is 0.421. The van der Waals surface area contributed by atoms with E-state index in [0.717, 1.165) is 66.7 Å². The van der Waals surface area contributed by atoms with Gasteiger partial charge in [-0.05, 0) is 101 Å². The fourth-order valence-electron chi connectivity index (χ4n) is 9.04. The maximum atomic E-state index is 11.7. The molecule has 1 unspecified atom stereocenters. The number of phenolic OH excluding ortho intramolecular Hbond substituents is 1. The van der Waals surface area contributed by atoms with E-state index in [2.05, 4.69) is 87.2 Å². The molecule has 1 spiro atoms. The monoisotopic (exact) mass is 577 g/mol. The molecule has 0 bridgehead atoms.